The van der Waals surface area contributed by atoms with Crippen LogP contribution in [0, 0.1) is 5.92 Å². The van der Waals surface area contributed by atoms with Crippen LogP contribution in [-0.2, 0) is 4.79 Å². The van der Waals surface area contributed by atoms with Gasteiger partial charge in [-0.25, -0.2) is 5.43 Å². The van der Waals surface area contributed by atoms with Crippen LogP contribution in [0.1, 0.15) is 37.7 Å². The van der Waals surface area contributed by atoms with Crippen molar-refractivity contribution in [1.82, 2.24) is 5.43 Å². The molecule has 1 aliphatic carbocycles. The second kappa shape index (κ2) is 6.35. The van der Waals surface area contributed by atoms with Gasteiger partial charge in [0.1, 0.15) is 0 Å². The fraction of sp³-hybridized carbons (Fsp3) is 0.467. The average Bonchev–Trinajstić information content (AvgIpc) is 2.97. The number of fused-ring (bicyclic) bond motifs is 1. The van der Waals surface area contributed by atoms with Gasteiger partial charge in [0.2, 0.25) is 12.7 Å². The Morgan fingerprint density at radius 3 is 2.90 bits per heavy atom. The first-order valence-corrected chi connectivity index (χ1v) is 7.54. The van der Waals surface area contributed by atoms with Crippen molar-refractivity contribution in [1.29, 1.82) is 0 Å². The molecule has 21 heavy (non-hydrogen) atoms. The molecule has 0 aromatic heterocycles. The Hall–Kier alpha value is -1.75. The summed E-state index contributed by atoms with van der Waals surface area (Å²) < 4.78 is 10.5. The van der Waals surface area contributed by atoms with Crippen molar-refractivity contribution in [3.8, 4) is 11.5 Å². The molecule has 0 spiro atoms. The Kier molecular flexibility index (Phi) is 4.29. The summed E-state index contributed by atoms with van der Waals surface area (Å²) in [6, 6.07) is 3.51. The van der Waals surface area contributed by atoms with Crippen LogP contribution in [0.25, 0.3) is 0 Å². The summed E-state index contributed by atoms with van der Waals surface area (Å²) in [5.41, 5.74) is 3.36. The van der Waals surface area contributed by atoms with Crippen LogP contribution >= 0.6 is 11.6 Å². The molecule has 1 aliphatic heterocycles. The van der Waals surface area contributed by atoms with Crippen molar-refractivity contribution < 1.29 is 14.3 Å². The summed E-state index contributed by atoms with van der Waals surface area (Å²) in [4.78, 5) is 11.9. The monoisotopic (exact) mass is 308 g/mol. The Morgan fingerprint density at radius 2 is 2.10 bits per heavy atom. The van der Waals surface area contributed by atoms with Gasteiger partial charge < -0.3 is 9.47 Å². The number of nitrogens with zero attached hydrogens (tertiary/aromatic N) is 1. The molecule has 2 aliphatic rings. The predicted molar refractivity (Wildman–Crippen MR) is 79.9 cm³/mol. The number of carbonyl (C=O) groups excluding carboxylic acids is 1. The van der Waals surface area contributed by atoms with E-state index in [1.54, 1.807) is 18.3 Å². The van der Waals surface area contributed by atoms with E-state index >= 15 is 0 Å². The second-order valence-corrected chi connectivity index (χ2v) is 5.71. The van der Waals surface area contributed by atoms with Crippen LogP contribution in [0.5, 0.6) is 11.5 Å². The van der Waals surface area contributed by atoms with Gasteiger partial charge in [0.15, 0.2) is 11.5 Å². The smallest absolute Gasteiger partial charge is 0.243 e. The number of hydrogen-bond acceptors (Lipinski definition) is 4. The largest absolute Gasteiger partial charge is 0.454 e. The number of halogens is 1. The molecule has 5 nitrogen and oxygen atoms in total. The number of amides is 1. The number of carbonyl (C=O) groups is 1. The number of hydrogen-bond donors (Lipinski definition) is 1. The molecule has 112 valence electrons. The number of ether oxygens (including phenoxy) is 2. The van der Waals surface area contributed by atoms with E-state index in [0.717, 1.165) is 31.2 Å². The van der Waals surface area contributed by atoms with Crippen LogP contribution in [0.2, 0.25) is 5.02 Å². The molecular weight excluding hydrogens is 292 g/mol. The maximum Gasteiger partial charge on any atom is 0.243 e. The molecule has 0 saturated heterocycles. The number of hydrazone groups is 1. The van der Waals surface area contributed by atoms with Gasteiger partial charge in [0.05, 0.1) is 11.2 Å². The molecule has 1 aromatic rings. The van der Waals surface area contributed by atoms with Gasteiger partial charge in [-0.05, 0) is 30.5 Å². The minimum absolute atomic E-state index is 0.00205. The highest BCUT2D eigenvalue weighted by Crippen LogP contribution is 2.39. The standard InChI is InChI=1S/C15H17ClN2O3/c16-12-6-10(7-13-14(12)21-9-20-13)8-17-18-15(19)11-4-2-1-3-5-11/h6-8,11H,1-5,9H2,(H,18,19)/b17-8-. The molecular formula is C15H17ClN2O3. The van der Waals surface area contributed by atoms with Gasteiger partial charge in [-0.1, -0.05) is 30.9 Å². The van der Waals surface area contributed by atoms with E-state index in [2.05, 4.69) is 10.5 Å². The summed E-state index contributed by atoms with van der Waals surface area (Å²) in [5.74, 6) is 1.25. The van der Waals surface area contributed by atoms with Crippen LogP contribution < -0.4 is 14.9 Å². The zero-order chi connectivity index (χ0) is 14.7. The lowest BCUT2D eigenvalue weighted by molar-refractivity contribution is -0.125. The summed E-state index contributed by atoms with van der Waals surface area (Å²) in [5, 5.41) is 4.48. The highest BCUT2D eigenvalue weighted by atomic mass is 35.5. The quantitative estimate of drug-likeness (QED) is 0.689. The molecule has 0 bridgehead atoms. The van der Waals surface area contributed by atoms with Crippen molar-refractivity contribution >= 4 is 23.7 Å². The van der Waals surface area contributed by atoms with Crippen molar-refractivity contribution in [2.24, 2.45) is 11.0 Å². The fourth-order valence-corrected chi connectivity index (χ4v) is 2.96. The second-order valence-electron chi connectivity index (χ2n) is 5.31. The van der Waals surface area contributed by atoms with Crippen LogP contribution in [0.15, 0.2) is 17.2 Å². The lowest BCUT2D eigenvalue weighted by atomic mass is 9.89. The van der Waals surface area contributed by atoms with Gasteiger partial charge in [-0.3, -0.25) is 4.79 Å². The topological polar surface area (TPSA) is 59.9 Å². The van der Waals surface area contributed by atoms with Gasteiger partial charge in [-0.15, -0.1) is 0 Å². The summed E-state index contributed by atoms with van der Waals surface area (Å²) in [6.07, 6.45) is 6.95. The number of rotatable bonds is 3. The molecule has 1 amide bonds. The van der Waals surface area contributed by atoms with Crippen molar-refractivity contribution in [2.75, 3.05) is 6.79 Å². The van der Waals surface area contributed by atoms with Crippen molar-refractivity contribution in [3.05, 3.63) is 22.7 Å². The lowest BCUT2D eigenvalue weighted by Gasteiger charge is -2.19. The zero-order valence-corrected chi connectivity index (χ0v) is 12.4. The Labute approximate surface area is 128 Å². The minimum Gasteiger partial charge on any atom is -0.454 e. The van der Waals surface area contributed by atoms with E-state index in [1.165, 1.54) is 6.42 Å². The SMILES string of the molecule is O=C(N/N=C\c1cc(Cl)c2c(c1)OCO2)C1CCCCC1. The van der Waals surface area contributed by atoms with Crippen LogP contribution in [-0.4, -0.2) is 18.9 Å². The van der Waals surface area contributed by atoms with Gasteiger partial charge in [0.25, 0.3) is 0 Å². The van der Waals surface area contributed by atoms with E-state index in [4.69, 9.17) is 21.1 Å². The van der Waals surface area contributed by atoms with E-state index in [0.29, 0.717) is 16.5 Å². The Balaban J connectivity index is 1.61. The molecule has 3 rings (SSSR count). The molecule has 0 unspecified atom stereocenters. The third kappa shape index (κ3) is 3.29. The third-order valence-electron chi connectivity index (χ3n) is 3.81. The highest BCUT2D eigenvalue weighted by molar-refractivity contribution is 6.32. The number of benzene rings is 1. The highest BCUT2D eigenvalue weighted by Gasteiger charge is 2.20. The molecule has 0 radical (unpaired) electrons. The summed E-state index contributed by atoms with van der Waals surface area (Å²) >= 11 is 6.08. The normalized spacial score (nSPS) is 18.1. The van der Waals surface area contributed by atoms with Gasteiger partial charge >= 0.3 is 0 Å². The Bertz CT molecular complexity index is 568. The molecule has 0 atom stereocenters. The first-order chi connectivity index (χ1) is 10.2. The van der Waals surface area contributed by atoms with E-state index in [9.17, 15) is 4.79 Å². The zero-order valence-electron chi connectivity index (χ0n) is 11.6. The maximum atomic E-state index is 11.9. The first kappa shape index (κ1) is 14.2. The average molecular weight is 309 g/mol. The molecule has 1 heterocycles. The Morgan fingerprint density at radius 1 is 1.29 bits per heavy atom. The maximum absolute atomic E-state index is 11.9. The molecule has 1 saturated carbocycles. The minimum atomic E-state index is -0.00205. The molecule has 1 N–H and O–H groups in total. The van der Waals surface area contributed by atoms with Gasteiger partial charge in [0, 0.05) is 5.92 Å². The van der Waals surface area contributed by atoms with Crippen molar-refractivity contribution in [3.63, 3.8) is 0 Å². The predicted octanol–water partition coefficient (Wildman–Crippen LogP) is 3.10. The van der Waals surface area contributed by atoms with Gasteiger partial charge in [-0.2, -0.15) is 5.10 Å². The van der Waals surface area contributed by atoms with Crippen LogP contribution in [0.3, 0.4) is 0 Å². The molecule has 1 aromatic carbocycles. The third-order valence-corrected chi connectivity index (χ3v) is 4.09. The number of nitrogens with one attached hydrogen (secondary N) is 1. The van der Waals surface area contributed by atoms with Crippen molar-refractivity contribution in [2.45, 2.75) is 32.1 Å². The fourth-order valence-electron chi connectivity index (χ4n) is 2.69. The van der Waals surface area contributed by atoms with E-state index in [-0.39, 0.29) is 18.6 Å². The first-order valence-electron chi connectivity index (χ1n) is 7.16. The molecule has 6 heteroatoms. The van der Waals surface area contributed by atoms with E-state index in [1.807, 2.05) is 0 Å². The van der Waals surface area contributed by atoms with E-state index < -0.39 is 0 Å². The van der Waals surface area contributed by atoms with Crippen LogP contribution in [0.4, 0.5) is 0 Å². The summed E-state index contributed by atoms with van der Waals surface area (Å²) in [6.45, 7) is 0.175. The lowest BCUT2D eigenvalue weighted by Crippen LogP contribution is -2.28. The molecule has 1 fully saturated rings. The summed E-state index contributed by atoms with van der Waals surface area (Å²) in [7, 11) is 0.